The normalized spacial score (nSPS) is 13.0. The summed E-state index contributed by atoms with van der Waals surface area (Å²) in [6, 6.07) is 5.37. The molecule has 0 aliphatic rings. The van der Waals surface area contributed by atoms with E-state index in [1.807, 2.05) is 11.6 Å². The molecule has 0 aromatic heterocycles. The van der Waals surface area contributed by atoms with E-state index in [1.54, 1.807) is 0 Å². The maximum Gasteiger partial charge on any atom is 0.534 e. The molecule has 0 radical (unpaired) electrons. The van der Waals surface area contributed by atoms with E-state index in [4.69, 9.17) is 0 Å². The van der Waals surface area contributed by atoms with Gasteiger partial charge in [-0.1, -0.05) is 19.1 Å². The second-order valence-electron chi connectivity index (χ2n) is 3.42. The second-order valence-corrected chi connectivity index (χ2v) is 5.84. The number of benzene rings is 1. The largest absolute Gasteiger partial charge is 0.760 e. The molecule has 0 aliphatic heterocycles. The lowest BCUT2D eigenvalue weighted by atomic mass is 10.2. The Kier molecular flexibility index (Phi) is 7.85. The highest BCUT2D eigenvalue weighted by Crippen LogP contribution is 2.26. The minimum atomic E-state index is -5.57. The molecule has 0 bridgehead atoms. The van der Waals surface area contributed by atoms with Crippen LogP contribution in [0.2, 0.25) is 0 Å². The van der Waals surface area contributed by atoms with E-state index in [-0.39, 0.29) is 5.75 Å². The summed E-state index contributed by atoms with van der Waals surface area (Å²) in [5, 5.41) is 0. The van der Waals surface area contributed by atoms with Crippen LogP contribution in [0.3, 0.4) is 0 Å². The van der Waals surface area contributed by atoms with Gasteiger partial charge in [0.1, 0.15) is 5.75 Å². The summed E-state index contributed by atoms with van der Waals surface area (Å²) in [5.74, 6) is -0.352. The summed E-state index contributed by atoms with van der Waals surface area (Å²) in [4.78, 5) is 0. The summed E-state index contributed by atoms with van der Waals surface area (Å²) in [7, 11) is -4.23. The van der Waals surface area contributed by atoms with Crippen molar-refractivity contribution in [2.45, 2.75) is 18.9 Å². The molecule has 122 valence electrons. The summed E-state index contributed by atoms with van der Waals surface area (Å²) < 4.78 is 81.5. The van der Waals surface area contributed by atoms with Crippen molar-refractivity contribution < 1.29 is 34.5 Å². The van der Waals surface area contributed by atoms with E-state index in [9.17, 15) is 30.4 Å². The topological polar surface area (TPSA) is 95.5 Å². The molecule has 1 aromatic carbocycles. The Hall–Kier alpha value is -1.17. The zero-order valence-corrected chi connectivity index (χ0v) is 12.6. The molecule has 0 fully saturated rings. The first-order valence-corrected chi connectivity index (χ1v) is 7.88. The van der Waals surface area contributed by atoms with Crippen LogP contribution in [0.15, 0.2) is 24.3 Å². The predicted octanol–water partition coefficient (Wildman–Crippen LogP) is 1.48. The van der Waals surface area contributed by atoms with Crippen LogP contribution >= 0.6 is 0 Å². The van der Waals surface area contributed by atoms with E-state index < -0.39 is 26.9 Å². The van der Waals surface area contributed by atoms with E-state index >= 15 is 0 Å². The molecule has 1 rings (SSSR count). The molecule has 0 spiro atoms. The Morgan fingerprint density at radius 3 is 2.00 bits per heavy atom. The van der Waals surface area contributed by atoms with Gasteiger partial charge in [0.05, 0.1) is 0 Å². The Balaban J connectivity index is 0.000000690. The fourth-order valence-corrected chi connectivity index (χ4v) is 1.41. The van der Waals surface area contributed by atoms with Crippen LogP contribution in [0.5, 0.6) is 5.75 Å². The van der Waals surface area contributed by atoms with Gasteiger partial charge in [-0.3, -0.25) is 8.93 Å². The maximum absolute atomic E-state index is 12.0. The van der Waals surface area contributed by atoms with Crippen molar-refractivity contribution in [1.82, 2.24) is 4.72 Å². The average molecular weight is 348 g/mol. The fraction of sp³-hybridized carbons (Fsp3) is 0.400. The maximum atomic E-state index is 12.0. The number of halogens is 3. The molecule has 1 N–H and O–H groups in total. The Bertz CT molecular complexity index is 557. The van der Waals surface area contributed by atoms with Gasteiger partial charge in [-0.2, -0.15) is 21.6 Å². The standard InChI is InChI=1S/C9H9F3O3S.CH5NO2S/c1-2-7-3-5-8(6-4-7)15-16(13,14)9(10,11)12;1-2-5(3)4/h3-6H,2H2,1H3;2H,1H3,(H,3,4)/p-1. The highest BCUT2D eigenvalue weighted by atomic mass is 32.2. The fourth-order valence-electron chi connectivity index (χ4n) is 0.955. The van der Waals surface area contributed by atoms with Gasteiger partial charge < -0.3 is 8.74 Å². The molecule has 0 aliphatic carbocycles. The lowest BCUT2D eigenvalue weighted by molar-refractivity contribution is -0.0500. The summed E-state index contributed by atoms with van der Waals surface area (Å²) in [6.07, 6.45) is 0.701. The van der Waals surface area contributed by atoms with Crippen molar-refractivity contribution in [2.75, 3.05) is 7.05 Å². The second kappa shape index (κ2) is 8.32. The van der Waals surface area contributed by atoms with E-state index in [0.29, 0.717) is 6.42 Å². The highest BCUT2D eigenvalue weighted by Gasteiger charge is 2.48. The highest BCUT2D eigenvalue weighted by molar-refractivity contribution is 7.88. The van der Waals surface area contributed by atoms with Crippen molar-refractivity contribution in [3.63, 3.8) is 0 Å². The van der Waals surface area contributed by atoms with E-state index in [1.165, 1.54) is 31.3 Å². The zero-order chi connectivity index (χ0) is 16.7. The molecule has 1 aromatic rings. The minimum absolute atomic E-state index is 0.352. The number of aryl methyl sites for hydroxylation is 1. The summed E-state index contributed by atoms with van der Waals surface area (Å²) in [6.45, 7) is 1.86. The van der Waals surface area contributed by atoms with Gasteiger partial charge in [0.25, 0.3) is 0 Å². The third-order valence-electron chi connectivity index (χ3n) is 1.99. The van der Waals surface area contributed by atoms with Gasteiger partial charge >= 0.3 is 15.6 Å². The third kappa shape index (κ3) is 7.41. The SMILES string of the molecule is CCc1ccc(OS(=O)(=O)C(F)(F)F)cc1.CNS(=O)[O-]. The van der Waals surface area contributed by atoms with Crippen molar-refractivity contribution >= 4 is 21.4 Å². The van der Waals surface area contributed by atoms with Crippen LogP contribution in [0.1, 0.15) is 12.5 Å². The smallest absolute Gasteiger partial charge is 0.534 e. The molecule has 0 saturated carbocycles. The van der Waals surface area contributed by atoms with Crippen LogP contribution < -0.4 is 8.91 Å². The molecule has 1 unspecified atom stereocenters. The molecule has 0 amide bonds. The predicted molar refractivity (Wildman–Crippen MR) is 69.4 cm³/mol. The minimum Gasteiger partial charge on any atom is -0.760 e. The average Bonchev–Trinajstić information content (AvgIpc) is 2.38. The first-order valence-electron chi connectivity index (χ1n) is 5.39. The van der Waals surface area contributed by atoms with Crippen LogP contribution in [-0.2, 0) is 27.8 Å². The summed E-state index contributed by atoms with van der Waals surface area (Å²) in [5.41, 5.74) is -4.53. The van der Waals surface area contributed by atoms with Crippen LogP contribution in [0, 0.1) is 0 Å². The van der Waals surface area contributed by atoms with Gasteiger partial charge in [-0.05, 0) is 31.2 Å². The number of hydrogen-bond donors (Lipinski definition) is 1. The van der Waals surface area contributed by atoms with Crippen LogP contribution in [0.25, 0.3) is 0 Å². The van der Waals surface area contributed by atoms with Gasteiger partial charge in [-0.25, -0.2) is 0 Å². The van der Waals surface area contributed by atoms with Crippen LogP contribution in [0.4, 0.5) is 13.2 Å². The zero-order valence-electron chi connectivity index (χ0n) is 11.0. The molecule has 1 atom stereocenters. The molecular formula is C10H13F3NO5S2-. The van der Waals surface area contributed by atoms with Gasteiger partial charge in [0.2, 0.25) is 0 Å². The van der Waals surface area contributed by atoms with Gasteiger partial charge in [0.15, 0.2) is 0 Å². The Labute approximate surface area is 122 Å². The molecule has 0 heterocycles. The quantitative estimate of drug-likeness (QED) is 0.505. The van der Waals surface area contributed by atoms with Crippen molar-refractivity contribution in [3.8, 4) is 5.75 Å². The first kappa shape index (κ1) is 19.8. The number of rotatable bonds is 4. The van der Waals surface area contributed by atoms with Crippen molar-refractivity contribution in [2.24, 2.45) is 0 Å². The van der Waals surface area contributed by atoms with E-state index in [0.717, 1.165) is 5.56 Å². The molecule has 6 nitrogen and oxygen atoms in total. The third-order valence-corrected chi connectivity index (χ3v) is 3.30. The summed E-state index contributed by atoms with van der Waals surface area (Å²) >= 11 is -2.07. The molecule has 21 heavy (non-hydrogen) atoms. The van der Waals surface area contributed by atoms with Crippen molar-refractivity contribution in [3.05, 3.63) is 29.8 Å². The number of hydrogen-bond acceptors (Lipinski definition) is 5. The van der Waals surface area contributed by atoms with Gasteiger partial charge in [-0.15, -0.1) is 0 Å². The Morgan fingerprint density at radius 2 is 1.71 bits per heavy atom. The molecule has 11 heteroatoms. The monoisotopic (exact) mass is 348 g/mol. The first-order chi connectivity index (χ1) is 9.53. The van der Waals surface area contributed by atoms with Gasteiger partial charge in [0, 0.05) is 11.3 Å². The van der Waals surface area contributed by atoms with Crippen molar-refractivity contribution in [1.29, 1.82) is 0 Å². The number of alkyl halides is 3. The molecular weight excluding hydrogens is 335 g/mol. The van der Waals surface area contributed by atoms with Crippen LogP contribution in [-0.4, -0.2) is 29.7 Å². The van der Waals surface area contributed by atoms with E-state index in [2.05, 4.69) is 4.18 Å². The Morgan fingerprint density at radius 1 is 1.29 bits per heavy atom. The lowest BCUT2D eigenvalue weighted by Crippen LogP contribution is -2.28. The molecule has 0 saturated heterocycles. The lowest BCUT2D eigenvalue weighted by Gasteiger charge is -2.09. The number of nitrogens with one attached hydrogen (secondary N) is 1.